The summed E-state index contributed by atoms with van der Waals surface area (Å²) in [5.41, 5.74) is 0. The van der Waals surface area contributed by atoms with Crippen molar-refractivity contribution in [3.8, 4) is 5.88 Å². The Hall–Kier alpha value is -1.16. The van der Waals surface area contributed by atoms with Crippen molar-refractivity contribution in [2.24, 2.45) is 11.8 Å². The minimum atomic E-state index is 0.640. The number of hydrogen-bond acceptors (Lipinski definition) is 4. The first-order chi connectivity index (χ1) is 9.79. The fraction of sp³-hybridized carbons (Fsp3) is 0.750. The van der Waals surface area contributed by atoms with E-state index in [1.807, 2.05) is 0 Å². The predicted octanol–water partition coefficient (Wildman–Crippen LogP) is 2.75. The van der Waals surface area contributed by atoms with E-state index in [1.54, 1.807) is 18.6 Å². The van der Waals surface area contributed by atoms with Gasteiger partial charge in [-0.25, -0.2) is 4.98 Å². The third kappa shape index (κ3) is 2.66. The summed E-state index contributed by atoms with van der Waals surface area (Å²) < 4.78 is 5.92. The molecule has 0 spiro atoms. The smallest absolute Gasteiger partial charge is 0.232 e. The molecule has 2 saturated heterocycles. The van der Waals surface area contributed by atoms with Gasteiger partial charge in [0.2, 0.25) is 5.88 Å². The molecule has 0 amide bonds. The van der Waals surface area contributed by atoms with Crippen molar-refractivity contribution >= 4 is 0 Å². The molecule has 110 valence electrons. The molecule has 3 heterocycles. The van der Waals surface area contributed by atoms with E-state index in [-0.39, 0.29) is 0 Å². The monoisotopic (exact) mass is 275 g/mol. The maximum atomic E-state index is 5.92. The molecule has 3 rings (SSSR count). The van der Waals surface area contributed by atoms with Crippen LogP contribution in [0.15, 0.2) is 18.6 Å². The van der Waals surface area contributed by atoms with Crippen molar-refractivity contribution in [2.45, 2.75) is 51.1 Å². The van der Waals surface area contributed by atoms with E-state index in [0.717, 1.165) is 18.6 Å². The number of nitrogens with zero attached hydrogens (tertiary/aromatic N) is 3. The van der Waals surface area contributed by atoms with Gasteiger partial charge in [0.25, 0.3) is 0 Å². The molecule has 4 heteroatoms. The maximum Gasteiger partial charge on any atom is 0.232 e. The molecule has 2 aliphatic rings. The summed E-state index contributed by atoms with van der Waals surface area (Å²) in [6.45, 7) is 3.08. The molecule has 0 radical (unpaired) electrons. The number of aromatic nitrogens is 2. The van der Waals surface area contributed by atoms with Crippen LogP contribution in [0.3, 0.4) is 0 Å². The molecule has 1 aromatic heterocycles. The lowest BCUT2D eigenvalue weighted by Crippen LogP contribution is -2.48. The molecule has 2 fully saturated rings. The number of hydrogen-bond donors (Lipinski definition) is 0. The topological polar surface area (TPSA) is 38.3 Å². The highest BCUT2D eigenvalue weighted by atomic mass is 16.5. The summed E-state index contributed by atoms with van der Waals surface area (Å²) >= 11 is 0. The van der Waals surface area contributed by atoms with Crippen LogP contribution >= 0.6 is 0 Å². The molecule has 0 saturated carbocycles. The number of rotatable bonds is 5. The molecule has 0 aliphatic carbocycles. The third-order valence-corrected chi connectivity index (χ3v) is 5.19. The van der Waals surface area contributed by atoms with Gasteiger partial charge in [0.1, 0.15) is 0 Å². The summed E-state index contributed by atoms with van der Waals surface area (Å²) in [5, 5.41) is 0. The van der Waals surface area contributed by atoms with Crippen LogP contribution in [-0.2, 0) is 0 Å². The van der Waals surface area contributed by atoms with Crippen LogP contribution < -0.4 is 4.74 Å². The molecule has 0 N–H and O–H groups in total. The van der Waals surface area contributed by atoms with E-state index in [4.69, 9.17) is 4.74 Å². The van der Waals surface area contributed by atoms with Gasteiger partial charge in [-0.2, -0.15) is 0 Å². The van der Waals surface area contributed by atoms with Gasteiger partial charge >= 0.3 is 0 Å². The second-order valence-corrected chi connectivity index (χ2v) is 6.27. The highest BCUT2D eigenvalue weighted by Crippen LogP contribution is 2.43. The Morgan fingerprint density at radius 1 is 1.35 bits per heavy atom. The third-order valence-electron chi connectivity index (χ3n) is 5.19. The van der Waals surface area contributed by atoms with Gasteiger partial charge in [-0.15, -0.1) is 0 Å². The number of piperidine rings is 1. The van der Waals surface area contributed by atoms with Gasteiger partial charge in [-0.1, -0.05) is 19.8 Å². The first kappa shape index (κ1) is 13.8. The van der Waals surface area contributed by atoms with E-state index >= 15 is 0 Å². The zero-order valence-electron chi connectivity index (χ0n) is 12.5. The van der Waals surface area contributed by atoms with Crippen molar-refractivity contribution in [3.05, 3.63) is 18.6 Å². The molecule has 2 bridgehead atoms. The SMILES string of the molecule is CCC[C@H]1CC2CCC([C@@H]1COc1cnccn1)N2C. The van der Waals surface area contributed by atoms with E-state index in [2.05, 4.69) is 28.8 Å². The van der Waals surface area contributed by atoms with Crippen LogP contribution in [0, 0.1) is 11.8 Å². The Balaban J connectivity index is 1.67. The lowest BCUT2D eigenvalue weighted by molar-refractivity contribution is 0.0326. The van der Waals surface area contributed by atoms with Gasteiger partial charge in [-0.05, 0) is 32.2 Å². The van der Waals surface area contributed by atoms with Gasteiger partial charge in [0, 0.05) is 30.4 Å². The Labute approximate surface area is 121 Å². The minimum Gasteiger partial charge on any atom is -0.476 e. The zero-order valence-corrected chi connectivity index (χ0v) is 12.5. The predicted molar refractivity (Wildman–Crippen MR) is 78.6 cm³/mol. The minimum absolute atomic E-state index is 0.640. The van der Waals surface area contributed by atoms with Crippen molar-refractivity contribution in [3.63, 3.8) is 0 Å². The zero-order chi connectivity index (χ0) is 13.9. The van der Waals surface area contributed by atoms with Gasteiger partial charge in [0.05, 0.1) is 12.8 Å². The van der Waals surface area contributed by atoms with Crippen LogP contribution in [0.1, 0.15) is 39.0 Å². The second-order valence-electron chi connectivity index (χ2n) is 6.27. The fourth-order valence-electron chi connectivity index (χ4n) is 4.17. The first-order valence-electron chi connectivity index (χ1n) is 7.90. The maximum absolute atomic E-state index is 5.92. The summed E-state index contributed by atoms with van der Waals surface area (Å²) in [5.74, 6) is 2.11. The van der Waals surface area contributed by atoms with Crippen LogP contribution in [0.2, 0.25) is 0 Å². The van der Waals surface area contributed by atoms with Crippen molar-refractivity contribution in [1.82, 2.24) is 14.9 Å². The second kappa shape index (κ2) is 6.08. The fourth-order valence-corrected chi connectivity index (χ4v) is 4.17. The van der Waals surface area contributed by atoms with E-state index in [9.17, 15) is 0 Å². The molecule has 4 nitrogen and oxygen atoms in total. The van der Waals surface area contributed by atoms with E-state index in [0.29, 0.717) is 17.8 Å². The average Bonchev–Trinajstić information content (AvgIpc) is 2.72. The van der Waals surface area contributed by atoms with Crippen LogP contribution in [0.25, 0.3) is 0 Å². The van der Waals surface area contributed by atoms with Crippen LogP contribution in [0.4, 0.5) is 0 Å². The summed E-state index contributed by atoms with van der Waals surface area (Å²) in [6, 6.07) is 1.51. The standard InChI is InChI=1S/C16H25N3O/c1-3-4-12-9-13-5-6-15(19(13)2)14(12)11-20-16-10-17-7-8-18-16/h7-8,10,12-15H,3-6,9,11H2,1-2H3/t12-,13?,14+,15?/m0/s1. The normalized spacial score (nSPS) is 33.3. The van der Waals surface area contributed by atoms with Gasteiger partial charge in [-0.3, -0.25) is 4.98 Å². The lowest BCUT2D eigenvalue weighted by atomic mass is 9.78. The quantitative estimate of drug-likeness (QED) is 0.828. The number of fused-ring (bicyclic) bond motifs is 2. The highest BCUT2D eigenvalue weighted by Gasteiger charge is 2.45. The molecular formula is C16H25N3O. The van der Waals surface area contributed by atoms with Crippen molar-refractivity contribution < 1.29 is 4.74 Å². The Kier molecular flexibility index (Phi) is 4.20. The van der Waals surface area contributed by atoms with E-state index in [1.165, 1.54) is 32.1 Å². The van der Waals surface area contributed by atoms with Crippen LogP contribution in [0.5, 0.6) is 5.88 Å². The van der Waals surface area contributed by atoms with Crippen molar-refractivity contribution in [2.75, 3.05) is 13.7 Å². The summed E-state index contributed by atoms with van der Waals surface area (Å²) in [7, 11) is 2.29. The first-order valence-corrected chi connectivity index (χ1v) is 7.90. The molecule has 0 aromatic carbocycles. The molecule has 2 unspecified atom stereocenters. The molecule has 1 aromatic rings. The Morgan fingerprint density at radius 2 is 2.25 bits per heavy atom. The van der Waals surface area contributed by atoms with Gasteiger partial charge in [0.15, 0.2) is 0 Å². The Morgan fingerprint density at radius 3 is 3.00 bits per heavy atom. The Bertz CT molecular complexity index is 425. The van der Waals surface area contributed by atoms with Crippen LogP contribution in [-0.4, -0.2) is 40.6 Å². The summed E-state index contributed by atoms with van der Waals surface area (Å²) in [4.78, 5) is 10.9. The summed E-state index contributed by atoms with van der Waals surface area (Å²) in [6.07, 6.45) is 11.7. The van der Waals surface area contributed by atoms with E-state index < -0.39 is 0 Å². The number of ether oxygens (including phenoxy) is 1. The molecular weight excluding hydrogens is 250 g/mol. The molecule has 2 aliphatic heterocycles. The van der Waals surface area contributed by atoms with Crippen molar-refractivity contribution in [1.29, 1.82) is 0 Å². The lowest BCUT2D eigenvalue weighted by Gasteiger charge is -2.42. The highest BCUT2D eigenvalue weighted by molar-refractivity contribution is 5.03. The molecule has 4 atom stereocenters. The average molecular weight is 275 g/mol. The van der Waals surface area contributed by atoms with Gasteiger partial charge < -0.3 is 9.64 Å². The molecule has 20 heavy (non-hydrogen) atoms. The largest absolute Gasteiger partial charge is 0.476 e.